The predicted molar refractivity (Wildman–Crippen MR) is 61.2 cm³/mol. The number of aryl methyl sites for hydroxylation is 1. The quantitative estimate of drug-likeness (QED) is 0.474. The van der Waals surface area contributed by atoms with Crippen molar-refractivity contribution in [3.8, 4) is 0 Å². The van der Waals surface area contributed by atoms with Crippen LogP contribution >= 0.6 is 22.6 Å². The molecule has 0 bridgehead atoms. The van der Waals surface area contributed by atoms with E-state index in [2.05, 4.69) is 33.0 Å². The van der Waals surface area contributed by atoms with E-state index in [0.717, 1.165) is 11.0 Å². The van der Waals surface area contributed by atoms with Crippen LogP contribution in [0, 0.1) is 3.57 Å². The van der Waals surface area contributed by atoms with Crippen LogP contribution in [-0.4, -0.2) is 9.55 Å². The normalized spacial score (nSPS) is 10.7. The molecular weight excluding hydrogens is 279 g/mol. The maximum atomic E-state index is 5.33. The van der Waals surface area contributed by atoms with Gasteiger partial charge in [-0.2, -0.15) is 0 Å². The smallest absolute Gasteiger partial charge is 0.218 e. The summed E-state index contributed by atoms with van der Waals surface area (Å²) in [6, 6.07) is 6.00. The summed E-state index contributed by atoms with van der Waals surface area (Å²) < 4.78 is 3.11. The largest absolute Gasteiger partial charge is 0.311 e. The van der Waals surface area contributed by atoms with Crippen LogP contribution in [0.5, 0.6) is 0 Å². The molecule has 68 valence electrons. The Morgan fingerprint density at radius 1 is 1.54 bits per heavy atom. The second-order valence-corrected chi connectivity index (χ2v) is 3.91. The topological polar surface area (TPSA) is 55.9 Å². The third kappa shape index (κ3) is 1.28. The fourth-order valence-electron chi connectivity index (χ4n) is 1.35. The van der Waals surface area contributed by atoms with E-state index in [4.69, 9.17) is 5.84 Å². The van der Waals surface area contributed by atoms with Crippen molar-refractivity contribution < 1.29 is 0 Å². The summed E-state index contributed by atoms with van der Waals surface area (Å²) in [5, 5.41) is 0. The summed E-state index contributed by atoms with van der Waals surface area (Å²) in [5.41, 5.74) is 4.63. The van der Waals surface area contributed by atoms with Gasteiger partial charge in [0.25, 0.3) is 0 Å². The van der Waals surface area contributed by atoms with Crippen molar-refractivity contribution in [2.45, 2.75) is 0 Å². The zero-order chi connectivity index (χ0) is 9.42. The number of para-hydroxylation sites is 1. The number of rotatable bonds is 1. The number of anilines is 1. The first-order chi connectivity index (χ1) is 6.24. The van der Waals surface area contributed by atoms with Crippen molar-refractivity contribution in [3.05, 3.63) is 21.8 Å². The maximum Gasteiger partial charge on any atom is 0.218 e. The van der Waals surface area contributed by atoms with E-state index in [1.807, 2.05) is 29.8 Å². The molecule has 0 radical (unpaired) electrons. The lowest BCUT2D eigenvalue weighted by atomic mass is 10.3. The number of fused-ring (bicyclic) bond motifs is 1. The average molecular weight is 288 g/mol. The maximum absolute atomic E-state index is 5.33. The zero-order valence-electron chi connectivity index (χ0n) is 7.08. The molecule has 0 saturated carbocycles. The Kier molecular flexibility index (Phi) is 2.12. The van der Waals surface area contributed by atoms with Gasteiger partial charge in [-0.1, -0.05) is 6.07 Å². The lowest BCUT2D eigenvalue weighted by Gasteiger charge is -2.00. The van der Waals surface area contributed by atoms with E-state index in [0.29, 0.717) is 5.95 Å². The Bertz CT molecular complexity index is 449. The monoisotopic (exact) mass is 288 g/mol. The highest BCUT2D eigenvalue weighted by Crippen LogP contribution is 2.22. The highest BCUT2D eigenvalue weighted by Gasteiger charge is 2.07. The standard InChI is InChI=1S/C8H9IN4/c1-13-7-5(9)3-2-4-6(7)11-8(13)12-10/h2-4H,10H2,1H3,(H,11,12). The SMILES string of the molecule is Cn1c(NN)nc2cccc(I)c21. The Hall–Kier alpha value is -0.820. The van der Waals surface area contributed by atoms with Crippen LogP contribution in [0.15, 0.2) is 18.2 Å². The lowest BCUT2D eigenvalue weighted by Crippen LogP contribution is -2.11. The first-order valence-corrected chi connectivity index (χ1v) is 4.89. The summed E-state index contributed by atoms with van der Waals surface area (Å²) in [5.74, 6) is 6.01. The summed E-state index contributed by atoms with van der Waals surface area (Å²) >= 11 is 2.28. The van der Waals surface area contributed by atoms with Gasteiger partial charge >= 0.3 is 0 Å². The van der Waals surface area contributed by atoms with E-state index >= 15 is 0 Å². The van der Waals surface area contributed by atoms with Gasteiger partial charge in [0.2, 0.25) is 5.95 Å². The van der Waals surface area contributed by atoms with E-state index < -0.39 is 0 Å². The molecule has 3 N–H and O–H groups in total. The van der Waals surface area contributed by atoms with E-state index in [1.165, 1.54) is 3.57 Å². The van der Waals surface area contributed by atoms with Gasteiger partial charge in [-0.3, -0.25) is 5.43 Å². The van der Waals surface area contributed by atoms with Crippen molar-refractivity contribution in [3.63, 3.8) is 0 Å². The Balaban J connectivity index is 2.85. The second kappa shape index (κ2) is 3.15. The molecule has 0 aliphatic carbocycles. The summed E-state index contributed by atoms with van der Waals surface area (Å²) in [6.45, 7) is 0. The number of nitrogens with zero attached hydrogens (tertiary/aromatic N) is 2. The average Bonchev–Trinajstić information content (AvgIpc) is 2.44. The third-order valence-electron chi connectivity index (χ3n) is 1.97. The number of hydrogen-bond acceptors (Lipinski definition) is 3. The highest BCUT2D eigenvalue weighted by atomic mass is 127. The molecule has 0 saturated heterocycles. The van der Waals surface area contributed by atoms with E-state index in [1.54, 1.807) is 0 Å². The van der Waals surface area contributed by atoms with Crippen molar-refractivity contribution >= 4 is 39.6 Å². The van der Waals surface area contributed by atoms with Gasteiger partial charge in [0.15, 0.2) is 0 Å². The highest BCUT2D eigenvalue weighted by molar-refractivity contribution is 14.1. The number of hydrazine groups is 1. The first kappa shape index (κ1) is 8.76. The molecule has 0 aliphatic rings. The van der Waals surface area contributed by atoms with Crippen LogP contribution in [-0.2, 0) is 7.05 Å². The van der Waals surface area contributed by atoms with Crippen LogP contribution in [0.25, 0.3) is 11.0 Å². The molecule has 1 aromatic heterocycles. The lowest BCUT2D eigenvalue weighted by molar-refractivity contribution is 0.940. The number of nitrogen functional groups attached to an aromatic ring is 1. The van der Waals surface area contributed by atoms with Gasteiger partial charge in [-0.05, 0) is 34.7 Å². The number of halogens is 1. The molecule has 4 nitrogen and oxygen atoms in total. The van der Waals surface area contributed by atoms with Gasteiger partial charge in [0.05, 0.1) is 11.0 Å². The van der Waals surface area contributed by atoms with E-state index in [9.17, 15) is 0 Å². The fourth-order valence-corrected chi connectivity index (χ4v) is 2.20. The van der Waals surface area contributed by atoms with Gasteiger partial charge < -0.3 is 4.57 Å². The molecule has 2 aromatic rings. The molecular formula is C8H9IN4. The minimum Gasteiger partial charge on any atom is -0.311 e. The Labute approximate surface area is 89.2 Å². The number of aromatic nitrogens is 2. The Morgan fingerprint density at radius 3 is 2.92 bits per heavy atom. The molecule has 5 heteroatoms. The van der Waals surface area contributed by atoms with Crippen LogP contribution in [0.4, 0.5) is 5.95 Å². The van der Waals surface area contributed by atoms with E-state index in [-0.39, 0.29) is 0 Å². The van der Waals surface area contributed by atoms with Crippen molar-refractivity contribution in [1.29, 1.82) is 0 Å². The number of nitrogens with one attached hydrogen (secondary N) is 1. The van der Waals surface area contributed by atoms with Crippen LogP contribution < -0.4 is 11.3 Å². The molecule has 13 heavy (non-hydrogen) atoms. The summed E-state index contributed by atoms with van der Waals surface area (Å²) in [4.78, 5) is 4.31. The molecule has 1 aromatic carbocycles. The number of nitrogens with two attached hydrogens (primary N) is 1. The van der Waals surface area contributed by atoms with Crippen molar-refractivity contribution in [1.82, 2.24) is 9.55 Å². The van der Waals surface area contributed by atoms with Gasteiger partial charge in [0.1, 0.15) is 0 Å². The molecule has 0 aliphatic heterocycles. The van der Waals surface area contributed by atoms with Crippen LogP contribution in [0.2, 0.25) is 0 Å². The molecule has 1 heterocycles. The fraction of sp³-hybridized carbons (Fsp3) is 0.125. The molecule has 0 spiro atoms. The third-order valence-corrected chi connectivity index (χ3v) is 2.84. The van der Waals surface area contributed by atoms with Crippen LogP contribution in [0.3, 0.4) is 0 Å². The number of hydrogen-bond donors (Lipinski definition) is 2. The molecule has 0 unspecified atom stereocenters. The summed E-state index contributed by atoms with van der Waals surface area (Å²) in [6.07, 6.45) is 0. The Morgan fingerprint density at radius 2 is 2.31 bits per heavy atom. The number of imidazole rings is 1. The zero-order valence-corrected chi connectivity index (χ0v) is 9.24. The molecule has 0 amide bonds. The summed E-state index contributed by atoms with van der Waals surface area (Å²) in [7, 11) is 1.94. The van der Waals surface area contributed by atoms with Crippen LogP contribution in [0.1, 0.15) is 0 Å². The number of benzene rings is 1. The van der Waals surface area contributed by atoms with Crippen molar-refractivity contribution in [2.24, 2.45) is 12.9 Å². The first-order valence-electron chi connectivity index (χ1n) is 3.81. The van der Waals surface area contributed by atoms with Gasteiger partial charge in [-0.25, -0.2) is 10.8 Å². The van der Waals surface area contributed by atoms with Crippen molar-refractivity contribution in [2.75, 3.05) is 5.43 Å². The predicted octanol–water partition coefficient (Wildman–Crippen LogP) is 1.46. The minimum absolute atomic E-state index is 0.680. The van der Waals surface area contributed by atoms with Gasteiger partial charge in [0, 0.05) is 10.6 Å². The molecule has 0 fully saturated rings. The minimum atomic E-state index is 0.680. The molecule has 0 atom stereocenters. The molecule has 2 rings (SSSR count). The van der Waals surface area contributed by atoms with Gasteiger partial charge in [-0.15, -0.1) is 0 Å². The second-order valence-electron chi connectivity index (χ2n) is 2.75.